The highest BCUT2D eigenvalue weighted by atomic mass is 16.5. The molecule has 130 valence electrons. The van der Waals surface area contributed by atoms with E-state index in [-0.39, 0.29) is 5.63 Å². The zero-order valence-corrected chi connectivity index (χ0v) is 14.8. The highest BCUT2D eigenvalue weighted by molar-refractivity contribution is 6.05. The monoisotopic (exact) mass is 353 g/mol. The number of pyridine rings is 1. The summed E-state index contributed by atoms with van der Waals surface area (Å²) in [6.07, 6.45) is 0. The molecule has 0 aliphatic rings. The first kappa shape index (κ1) is 15.6. The molecule has 0 unspecified atom stereocenters. The predicted octanol–water partition coefficient (Wildman–Crippen LogP) is 4.50. The average molecular weight is 353 g/mol. The van der Waals surface area contributed by atoms with Gasteiger partial charge in [-0.15, -0.1) is 0 Å². The van der Waals surface area contributed by atoms with E-state index in [0.717, 1.165) is 38.7 Å². The van der Waals surface area contributed by atoms with E-state index in [9.17, 15) is 4.79 Å². The first-order chi connectivity index (χ1) is 13.2. The van der Waals surface area contributed by atoms with Crippen LogP contribution >= 0.6 is 0 Å². The van der Waals surface area contributed by atoms with Crippen molar-refractivity contribution in [1.82, 2.24) is 5.27 Å². The normalized spacial score (nSPS) is 11.3. The summed E-state index contributed by atoms with van der Waals surface area (Å²) in [6, 6.07) is 26.4. The Balaban J connectivity index is 2.09. The van der Waals surface area contributed by atoms with Gasteiger partial charge in [0.05, 0.1) is 10.9 Å². The van der Waals surface area contributed by atoms with Crippen molar-refractivity contribution in [3.05, 3.63) is 94.8 Å². The second kappa shape index (κ2) is 5.95. The highest BCUT2D eigenvalue weighted by Crippen LogP contribution is 2.38. The van der Waals surface area contributed by atoms with Gasteiger partial charge in [-0.05, 0) is 39.5 Å². The molecule has 5 rings (SSSR count). The van der Waals surface area contributed by atoms with Crippen molar-refractivity contribution in [2.45, 2.75) is 6.92 Å². The van der Waals surface area contributed by atoms with Gasteiger partial charge in [0.2, 0.25) is 5.52 Å². The first-order valence-corrected chi connectivity index (χ1v) is 8.84. The molecule has 4 heteroatoms. The van der Waals surface area contributed by atoms with E-state index in [4.69, 9.17) is 4.52 Å². The van der Waals surface area contributed by atoms with Crippen LogP contribution in [0.5, 0.6) is 0 Å². The highest BCUT2D eigenvalue weighted by Gasteiger charge is 2.28. The molecular formula is C23H17N2O2+. The first-order valence-electron chi connectivity index (χ1n) is 8.84. The van der Waals surface area contributed by atoms with Crippen LogP contribution < -0.4 is 10.1 Å². The van der Waals surface area contributed by atoms with Crippen LogP contribution in [0.1, 0.15) is 5.56 Å². The molecule has 0 aliphatic heterocycles. The molecule has 5 aromatic rings. The van der Waals surface area contributed by atoms with Crippen LogP contribution in [0.4, 0.5) is 0 Å². The van der Waals surface area contributed by atoms with Crippen molar-refractivity contribution in [1.29, 1.82) is 0 Å². The molecule has 0 amide bonds. The van der Waals surface area contributed by atoms with Gasteiger partial charge in [-0.1, -0.05) is 66.7 Å². The minimum atomic E-state index is -0.380. The van der Waals surface area contributed by atoms with Gasteiger partial charge in [0.15, 0.2) is 0 Å². The number of nitrogens with one attached hydrogen (secondary N) is 1. The molecule has 0 radical (unpaired) electrons. The molecule has 1 N–H and O–H groups in total. The van der Waals surface area contributed by atoms with Gasteiger partial charge >= 0.3 is 11.1 Å². The lowest BCUT2D eigenvalue weighted by atomic mass is 9.91. The molecule has 3 aromatic carbocycles. The standard InChI is InChI=1S/C23H16N2O2/c1-15-12-13-18-19(14-15)25-22(23(26)27-24-25)21(17-10-6-3-7-11-17)20(18)16-8-4-2-5-9-16/h2-14H,1H3/p+1. The molecule has 0 spiro atoms. The Labute approximate surface area is 155 Å². The summed E-state index contributed by atoms with van der Waals surface area (Å²) in [6.45, 7) is 2.04. The van der Waals surface area contributed by atoms with Gasteiger partial charge in [0.25, 0.3) is 0 Å². The second-order valence-corrected chi connectivity index (χ2v) is 6.67. The van der Waals surface area contributed by atoms with Crippen LogP contribution in [0, 0.1) is 6.92 Å². The van der Waals surface area contributed by atoms with Crippen LogP contribution in [0.15, 0.2) is 88.2 Å². The number of benzene rings is 3. The lowest BCUT2D eigenvalue weighted by Crippen LogP contribution is -2.27. The van der Waals surface area contributed by atoms with Crippen LogP contribution in [0.25, 0.3) is 38.7 Å². The maximum Gasteiger partial charge on any atom is 0.435 e. The number of fused-ring (bicyclic) bond motifs is 3. The Morgan fingerprint density at radius 2 is 1.44 bits per heavy atom. The number of rotatable bonds is 2. The number of hydrogen-bond acceptors (Lipinski definition) is 2. The third kappa shape index (κ3) is 2.38. The molecule has 0 saturated heterocycles. The quantitative estimate of drug-likeness (QED) is 0.475. The van der Waals surface area contributed by atoms with Crippen LogP contribution in [0.2, 0.25) is 0 Å². The molecular weight excluding hydrogens is 336 g/mol. The summed E-state index contributed by atoms with van der Waals surface area (Å²) in [4.78, 5) is 12.7. The number of nitrogens with zero attached hydrogens (tertiary/aromatic N) is 1. The van der Waals surface area contributed by atoms with Crippen LogP contribution in [-0.4, -0.2) is 5.27 Å². The van der Waals surface area contributed by atoms with Crippen molar-refractivity contribution in [2.24, 2.45) is 0 Å². The maximum atomic E-state index is 12.7. The number of aryl methyl sites for hydroxylation is 1. The summed E-state index contributed by atoms with van der Waals surface area (Å²) in [5.41, 5.74) is 6.10. The van der Waals surface area contributed by atoms with Crippen LogP contribution in [0.3, 0.4) is 0 Å². The van der Waals surface area contributed by atoms with E-state index in [1.807, 2.05) is 55.5 Å². The molecule has 27 heavy (non-hydrogen) atoms. The SMILES string of the molecule is Cc1ccc2c(-c3ccccc3)c(-c3ccccc3)c3c(=O)o[nH][n+]3c2c1. The number of hydrogen-bond donors (Lipinski definition) is 1. The average Bonchev–Trinajstić information content (AvgIpc) is 3.10. The number of H-pyrrole nitrogens is 1. The van der Waals surface area contributed by atoms with Crippen molar-refractivity contribution < 1.29 is 9.04 Å². The summed E-state index contributed by atoms with van der Waals surface area (Å²) < 4.78 is 6.95. The Kier molecular flexibility index (Phi) is 3.44. The van der Waals surface area contributed by atoms with Crippen LogP contribution in [-0.2, 0) is 0 Å². The van der Waals surface area contributed by atoms with Gasteiger partial charge in [-0.25, -0.2) is 4.79 Å². The van der Waals surface area contributed by atoms with E-state index in [2.05, 4.69) is 35.6 Å². The summed E-state index contributed by atoms with van der Waals surface area (Å²) in [5.74, 6) is 0. The maximum absolute atomic E-state index is 12.7. The molecule has 0 atom stereocenters. The summed E-state index contributed by atoms with van der Waals surface area (Å²) >= 11 is 0. The molecule has 0 bridgehead atoms. The fourth-order valence-corrected chi connectivity index (χ4v) is 3.74. The zero-order chi connectivity index (χ0) is 18.4. The summed E-state index contributed by atoms with van der Waals surface area (Å²) in [5, 5.41) is 3.83. The predicted molar refractivity (Wildman–Crippen MR) is 106 cm³/mol. The molecule has 0 fully saturated rings. The van der Waals surface area contributed by atoms with Gasteiger partial charge in [0, 0.05) is 11.6 Å². The smallest absolute Gasteiger partial charge is 0.282 e. The van der Waals surface area contributed by atoms with E-state index in [1.165, 1.54) is 0 Å². The minimum Gasteiger partial charge on any atom is -0.282 e. The fraction of sp³-hybridized carbons (Fsp3) is 0.0435. The van der Waals surface area contributed by atoms with Crippen molar-refractivity contribution in [3.63, 3.8) is 0 Å². The van der Waals surface area contributed by atoms with Gasteiger partial charge < -0.3 is 0 Å². The number of aromatic amines is 1. The van der Waals surface area contributed by atoms with Gasteiger partial charge in [-0.3, -0.25) is 4.52 Å². The molecule has 0 aliphatic carbocycles. The lowest BCUT2D eigenvalue weighted by molar-refractivity contribution is -0.567. The van der Waals surface area contributed by atoms with Gasteiger partial charge in [0.1, 0.15) is 0 Å². The second-order valence-electron chi connectivity index (χ2n) is 6.67. The van der Waals surface area contributed by atoms with E-state index in [1.54, 1.807) is 4.52 Å². The molecule has 2 aromatic heterocycles. The largest absolute Gasteiger partial charge is 0.435 e. The Hall–Kier alpha value is -3.66. The topological polar surface area (TPSA) is 50.1 Å². The Morgan fingerprint density at radius 1 is 0.815 bits per heavy atom. The zero-order valence-electron chi connectivity index (χ0n) is 14.8. The van der Waals surface area contributed by atoms with Crippen molar-refractivity contribution >= 4 is 16.4 Å². The third-order valence-electron chi connectivity index (χ3n) is 4.92. The Bertz CT molecular complexity index is 1330. The van der Waals surface area contributed by atoms with Gasteiger partial charge in [-0.2, -0.15) is 0 Å². The molecule has 0 saturated carbocycles. The molecule has 4 nitrogen and oxygen atoms in total. The third-order valence-corrected chi connectivity index (χ3v) is 4.92. The van der Waals surface area contributed by atoms with Crippen molar-refractivity contribution in [2.75, 3.05) is 0 Å². The lowest BCUT2D eigenvalue weighted by Gasteiger charge is -2.11. The summed E-state index contributed by atoms with van der Waals surface area (Å²) in [7, 11) is 0. The molecule has 2 heterocycles. The Morgan fingerprint density at radius 3 is 2.11 bits per heavy atom. The van der Waals surface area contributed by atoms with E-state index in [0.29, 0.717) is 5.52 Å². The fourth-order valence-electron chi connectivity index (χ4n) is 3.74. The van der Waals surface area contributed by atoms with E-state index >= 15 is 0 Å². The van der Waals surface area contributed by atoms with E-state index < -0.39 is 0 Å². The number of aromatic nitrogens is 2. The minimum absolute atomic E-state index is 0.380. The van der Waals surface area contributed by atoms with Crippen molar-refractivity contribution in [3.8, 4) is 22.3 Å².